The van der Waals surface area contributed by atoms with Gasteiger partial charge in [0.2, 0.25) is 0 Å². The number of anilines is 1. The summed E-state index contributed by atoms with van der Waals surface area (Å²) in [6, 6.07) is 2.54. The van der Waals surface area contributed by atoms with Crippen molar-refractivity contribution in [2.45, 2.75) is 45.6 Å². The van der Waals surface area contributed by atoms with E-state index >= 15 is 0 Å². The van der Waals surface area contributed by atoms with Crippen LogP contribution in [0, 0.1) is 11.8 Å². The van der Waals surface area contributed by atoms with Gasteiger partial charge in [-0.2, -0.15) is 0 Å². The molecular formula is C14H20BrClN2. The minimum Gasteiger partial charge on any atom is -0.380 e. The van der Waals surface area contributed by atoms with Gasteiger partial charge >= 0.3 is 0 Å². The first-order valence-electron chi connectivity index (χ1n) is 6.64. The fourth-order valence-electron chi connectivity index (χ4n) is 2.67. The van der Waals surface area contributed by atoms with E-state index < -0.39 is 0 Å². The van der Waals surface area contributed by atoms with E-state index in [0.717, 1.165) is 22.0 Å². The zero-order valence-corrected chi connectivity index (χ0v) is 13.3. The van der Waals surface area contributed by atoms with E-state index in [2.05, 4.69) is 40.1 Å². The number of rotatable bonds is 3. The third kappa shape index (κ3) is 3.61. The number of nitrogens with one attached hydrogen (secondary N) is 1. The molecule has 0 aromatic carbocycles. The Morgan fingerprint density at radius 3 is 2.61 bits per heavy atom. The molecule has 1 fully saturated rings. The Morgan fingerprint density at radius 1 is 1.33 bits per heavy atom. The second kappa shape index (κ2) is 6.25. The lowest BCUT2D eigenvalue weighted by Gasteiger charge is -2.32. The first-order valence-corrected chi connectivity index (χ1v) is 7.81. The fourth-order valence-corrected chi connectivity index (χ4v) is 3.16. The lowest BCUT2D eigenvalue weighted by atomic mass is 9.79. The van der Waals surface area contributed by atoms with E-state index in [1.165, 1.54) is 25.7 Å². The molecule has 0 radical (unpaired) electrons. The molecule has 1 aromatic heterocycles. The quantitative estimate of drug-likeness (QED) is 0.777. The van der Waals surface area contributed by atoms with Crippen molar-refractivity contribution < 1.29 is 0 Å². The van der Waals surface area contributed by atoms with E-state index in [4.69, 9.17) is 11.6 Å². The maximum atomic E-state index is 6.10. The molecule has 2 rings (SSSR count). The van der Waals surface area contributed by atoms with Crippen LogP contribution in [0.4, 0.5) is 5.69 Å². The lowest BCUT2D eigenvalue weighted by Crippen LogP contribution is -2.28. The summed E-state index contributed by atoms with van der Waals surface area (Å²) in [5.74, 6) is 1.70. The number of aromatic nitrogens is 1. The molecule has 0 spiro atoms. The molecule has 0 amide bonds. The molecule has 0 bridgehead atoms. The number of hydrogen-bond acceptors (Lipinski definition) is 2. The van der Waals surface area contributed by atoms with E-state index in [1.54, 1.807) is 6.20 Å². The third-order valence-corrected chi connectivity index (χ3v) is 4.61. The molecule has 1 aromatic rings. The van der Waals surface area contributed by atoms with Gasteiger partial charge in [0.25, 0.3) is 0 Å². The Bertz CT molecular complexity index is 401. The molecule has 0 aliphatic heterocycles. The van der Waals surface area contributed by atoms with Gasteiger partial charge in [-0.3, -0.25) is 0 Å². The van der Waals surface area contributed by atoms with Crippen LogP contribution in [0.3, 0.4) is 0 Å². The second-order valence-electron chi connectivity index (χ2n) is 5.49. The number of pyridine rings is 1. The van der Waals surface area contributed by atoms with Gasteiger partial charge in [0.1, 0.15) is 0 Å². The average Bonchev–Trinajstić information content (AvgIpc) is 2.34. The Balaban J connectivity index is 1.93. The zero-order chi connectivity index (χ0) is 13.1. The van der Waals surface area contributed by atoms with Crippen LogP contribution < -0.4 is 5.32 Å². The zero-order valence-electron chi connectivity index (χ0n) is 10.9. The highest BCUT2D eigenvalue weighted by atomic mass is 79.9. The third-order valence-electron chi connectivity index (χ3n) is 3.88. The summed E-state index contributed by atoms with van der Waals surface area (Å²) in [4.78, 5) is 4.14. The minimum atomic E-state index is 0.536. The van der Waals surface area contributed by atoms with Gasteiger partial charge in [-0.05, 0) is 59.5 Å². The Morgan fingerprint density at radius 2 is 2.00 bits per heavy atom. The van der Waals surface area contributed by atoms with Crippen LogP contribution in [-0.2, 0) is 0 Å². The summed E-state index contributed by atoms with van der Waals surface area (Å²) >= 11 is 9.53. The predicted octanol–water partition coefficient (Wildman–Crippen LogP) is 5.12. The molecule has 0 saturated heterocycles. The summed E-state index contributed by atoms with van der Waals surface area (Å²) in [7, 11) is 0. The molecule has 100 valence electrons. The van der Waals surface area contributed by atoms with Crippen LogP contribution in [0.15, 0.2) is 16.7 Å². The monoisotopic (exact) mass is 330 g/mol. The molecule has 1 heterocycles. The Hall–Kier alpha value is -0.280. The van der Waals surface area contributed by atoms with Crippen LogP contribution in [0.1, 0.15) is 39.5 Å². The maximum Gasteiger partial charge on any atom is 0.152 e. The van der Waals surface area contributed by atoms with Crippen molar-refractivity contribution in [1.29, 1.82) is 0 Å². The number of nitrogens with zero attached hydrogens (tertiary/aromatic N) is 1. The molecule has 1 saturated carbocycles. The van der Waals surface area contributed by atoms with Gasteiger partial charge in [-0.1, -0.05) is 25.4 Å². The number of halogens is 2. The highest BCUT2D eigenvalue weighted by Crippen LogP contribution is 2.32. The van der Waals surface area contributed by atoms with Gasteiger partial charge < -0.3 is 5.32 Å². The van der Waals surface area contributed by atoms with Crippen molar-refractivity contribution in [3.63, 3.8) is 0 Å². The number of hydrogen-bond donors (Lipinski definition) is 1. The van der Waals surface area contributed by atoms with Crippen LogP contribution in [-0.4, -0.2) is 11.0 Å². The predicted molar refractivity (Wildman–Crippen MR) is 81.2 cm³/mol. The lowest BCUT2D eigenvalue weighted by molar-refractivity contribution is 0.267. The first kappa shape index (κ1) is 14.1. The molecule has 1 aliphatic carbocycles. The largest absolute Gasteiger partial charge is 0.380 e. The summed E-state index contributed by atoms with van der Waals surface area (Å²) < 4.78 is 0.963. The summed E-state index contributed by atoms with van der Waals surface area (Å²) in [5.41, 5.74) is 0.944. The summed E-state index contributed by atoms with van der Waals surface area (Å²) in [5, 5.41) is 4.08. The van der Waals surface area contributed by atoms with Crippen molar-refractivity contribution >= 4 is 33.2 Å². The fraction of sp³-hybridized carbons (Fsp3) is 0.643. The molecule has 4 heteroatoms. The van der Waals surface area contributed by atoms with Gasteiger partial charge in [-0.25, -0.2) is 4.98 Å². The maximum absolute atomic E-state index is 6.10. The van der Waals surface area contributed by atoms with Crippen molar-refractivity contribution in [2.75, 3.05) is 5.32 Å². The van der Waals surface area contributed by atoms with Gasteiger partial charge in [0.15, 0.2) is 5.15 Å². The highest BCUT2D eigenvalue weighted by Gasteiger charge is 2.23. The van der Waals surface area contributed by atoms with Crippen LogP contribution in [0.5, 0.6) is 0 Å². The van der Waals surface area contributed by atoms with Gasteiger partial charge in [0.05, 0.1) is 5.69 Å². The topological polar surface area (TPSA) is 24.9 Å². The Kier molecular flexibility index (Phi) is 4.91. The van der Waals surface area contributed by atoms with Gasteiger partial charge in [-0.15, -0.1) is 0 Å². The molecule has 18 heavy (non-hydrogen) atoms. The molecular weight excluding hydrogens is 312 g/mol. The van der Waals surface area contributed by atoms with E-state index in [1.807, 2.05) is 6.07 Å². The van der Waals surface area contributed by atoms with E-state index in [-0.39, 0.29) is 0 Å². The van der Waals surface area contributed by atoms with Gasteiger partial charge in [0, 0.05) is 16.7 Å². The smallest absolute Gasteiger partial charge is 0.152 e. The van der Waals surface area contributed by atoms with Crippen molar-refractivity contribution in [3.8, 4) is 0 Å². The van der Waals surface area contributed by atoms with Crippen LogP contribution in [0.25, 0.3) is 0 Å². The Labute approximate surface area is 123 Å². The molecule has 2 nitrogen and oxygen atoms in total. The SMILES string of the molecule is CC(C)C1CCC(Nc2cc(Br)cnc2Cl)CC1. The summed E-state index contributed by atoms with van der Waals surface area (Å²) in [6.45, 7) is 4.65. The first-order chi connectivity index (χ1) is 8.56. The van der Waals surface area contributed by atoms with Crippen LogP contribution in [0.2, 0.25) is 5.15 Å². The highest BCUT2D eigenvalue weighted by molar-refractivity contribution is 9.10. The molecule has 1 N–H and O–H groups in total. The normalized spacial score (nSPS) is 24.3. The van der Waals surface area contributed by atoms with Crippen molar-refractivity contribution in [3.05, 3.63) is 21.9 Å². The molecule has 0 atom stereocenters. The summed E-state index contributed by atoms with van der Waals surface area (Å²) in [6.07, 6.45) is 6.81. The van der Waals surface area contributed by atoms with Crippen molar-refractivity contribution in [1.82, 2.24) is 4.98 Å². The molecule has 1 aliphatic rings. The molecule has 0 unspecified atom stereocenters. The average molecular weight is 332 g/mol. The standard InChI is InChI=1S/C14H20BrClN2/c1-9(2)10-3-5-12(6-4-10)18-13-7-11(15)8-17-14(13)16/h7-10,12,18H,3-6H2,1-2H3. The second-order valence-corrected chi connectivity index (χ2v) is 6.77. The van der Waals surface area contributed by atoms with Crippen molar-refractivity contribution in [2.24, 2.45) is 11.8 Å². The van der Waals surface area contributed by atoms with Crippen LogP contribution >= 0.6 is 27.5 Å². The van der Waals surface area contributed by atoms with E-state index in [0.29, 0.717) is 11.2 Å². The minimum absolute atomic E-state index is 0.536. The van der Waals surface area contributed by atoms with E-state index in [9.17, 15) is 0 Å².